The molecule has 0 radical (unpaired) electrons. The first-order valence-electron chi connectivity index (χ1n) is 6.35. The Hall–Kier alpha value is 0.140. The molecular weight excluding hydrogens is 296 g/mol. The standard InChI is InChI=1S/C14H21BrOS/c1-13(2)5-3-6-14(16,8-7-13)10-12-11(15)4-9-17-12/h4,9,16H,3,5-8,10H2,1-2H3. The van der Waals surface area contributed by atoms with Crippen molar-refractivity contribution in [3.8, 4) is 0 Å². The van der Waals surface area contributed by atoms with Gasteiger partial charge in [0.2, 0.25) is 0 Å². The smallest absolute Gasteiger partial charge is 0.0696 e. The first-order chi connectivity index (χ1) is 7.90. The van der Waals surface area contributed by atoms with Gasteiger partial charge in [0.25, 0.3) is 0 Å². The topological polar surface area (TPSA) is 20.2 Å². The molecule has 2 rings (SSSR count). The van der Waals surface area contributed by atoms with Crippen LogP contribution in [0.25, 0.3) is 0 Å². The minimum Gasteiger partial charge on any atom is -0.390 e. The van der Waals surface area contributed by atoms with Crippen LogP contribution in [0.4, 0.5) is 0 Å². The number of aliphatic hydroxyl groups is 1. The van der Waals surface area contributed by atoms with Crippen molar-refractivity contribution in [3.63, 3.8) is 0 Å². The maximum absolute atomic E-state index is 10.8. The predicted molar refractivity (Wildman–Crippen MR) is 77.5 cm³/mol. The zero-order valence-electron chi connectivity index (χ0n) is 10.6. The lowest BCUT2D eigenvalue weighted by molar-refractivity contribution is 0.0232. The zero-order valence-corrected chi connectivity index (χ0v) is 13.0. The summed E-state index contributed by atoms with van der Waals surface area (Å²) in [6, 6.07) is 2.07. The summed E-state index contributed by atoms with van der Waals surface area (Å²) in [6.07, 6.45) is 6.20. The highest BCUT2D eigenvalue weighted by Crippen LogP contribution is 2.40. The Morgan fingerprint density at radius 3 is 2.71 bits per heavy atom. The summed E-state index contributed by atoms with van der Waals surface area (Å²) in [5.41, 5.74) is -0.0850. The van der Waals surface area contributed by atoms with Gasteiger partial charge in [0.15, 0.2) is 0 Å². The van der Waals surface area contributed by atoms with Gasteiger partial charge in [-0.3, -0.25) is 0 Å². The van der Waals surface area contributed by atoms with Gasteiger partial charge in [0.1, 0.15) is 0 Å². The van der Waals surface area contributed by atoms with Crippen molar-refractivity contribution < 1.29 is 5.11 Å². The van der Waals surface area contributed by atoms with E-state index in [0.29, 0.717) is 5.41 Å². The Balaban J connectivity index is 2.06. The second-order valence-electron chi connectivity index (χ2n) is 6.11. The van der Waals surface area contributed by atoms with Gasteiger partial charge >= 0.3 is 0 Å². The molecule has 0 bridgehead atoms. The van der Waals surface area contributed by atoms with E-state index in [4.69, 9.17) is 0 Å². The molecule has 1 aliphatic carbocycles. The number of hydrogen-bond donors (Lipinski definition) is 1. The van der Waals surface area contributed by atoms with Gasteiger partial charge in [0.05, 0.1) is 5.60 Å². The highest BCUT2D eigenvalue weighted by Gasteiger charge is 2.34. The van der Waals surface area contributed by atoms with E-state index in [-0.39, 0.29) is 0 Å². The van der Waals surface area contributed by atoms with Crippen LogP contribution in [0.1, 0.15) is 50.8 Å². The van der Waals surface area contributed by atoms with Crippen LogP contribution >= 0.6 is 27.3 Å². The molecule has 1 saturated carbocycles. The summed E-state index contributed by atoms with van der Waals surface area (Å²) in [4.78, 5) is 1.28. The monoisotopic (exact) mass is 316 g/mol. The average Bonchev–Trinajstić information content (AvgIpc) is 2.55. The lowest BCUT2D eigenvalue weighted by atomic mass is 9.83. The third-order valence-electron chi connectivity index (χ3n) is 3.94. The van der Waals surface area contributed by atoms with Crippen LogP contribution in [-0.2, 0) is 6.42 Å². The second-order valence-corrected chi connectivity index (χ2v) is 7.97. The van der Waals surface area contributed by atoms with Crippen molar-refractivity contribution >= 4 is 27.3 Å². The molecule has 1 N–H and O–H groups in total. The molecule has 1 fully saturated rings. The van der Waals surface area contributed by atoms with Crippen LogP contribution in [0.3, 0.4) is 0 Å². The lowest BCUT2D eigenvalue weighted by Gasteiger charge is -2.27. The molecule has 1 nitrogen and oxygen atoms in total. The molecule has 0 aliphatic heterocycles. The van der Waals surface area contributed by atoms with Crippen molar-refractivity contribution in [1.29, 1.82) is 0 Å². The van der Waals surface area contributed by atoms with E-state index in [9.17, 15) is 5.11 Å². The van der Waals surface area contributed by atoms with E-state index in [2.05, 4.69) is 41.2 Å². The van der Waals surface area contributed by atoms with Crippen molar-refractivity contribution in [2.75, 3.05) is 0 Å². The van der Waals surface area contributed by atoms with Gasteiger partial charge in [-0.05, 0) is 58.5 Å². The van der Waals surface area contributed by atoms with E-state index in [1.165, 1.54) is 11.3 Å². The number of thiophene rings is 1. The lowest BCUT2D eigenvalue weighted by Crippen LogP contribution is -2.30. The maximum atomic E-state index is 10.8. The quantitative estimate of drug-likeness (QED) is 0.779. The zero-order chi connectivity index (χ0) is 12.5. The summed E-state index contributed by atoms with van der Waals surface area (Å²) in [5.74, 6) is 0. The first-order valence-corrected chi connectivity index (χ1v) is 8.02. The molecule has 1 aliphatic rings. The van der Waals surface area contributed by atoms with Gasteiger partial charge < -0.3 is 5.11 Å². The van der Waals surface area contributed by atoms with E-state index in [1.54, 1.807) is 11.3 Å². The number of halogens is 1. The Labute approximate surface area is 116 Å². The summed E-state index contributed by atoms with van der Waals surface area (Å²) in [5, 5.41) is 12.9. The highest BCUT2D eigenvalue weighted by molar-refractivity contribution is 9.10. The van der Waals surface area contributed by atoms with Gasteiger partial charge in [-0.25, -0.2) is 0 Å². The molecule has 17 heavy (non-hydrogen) atoms. The molecule has 0 aromatic carbocycles. The molecule has 0 saturated heterocycles. The first kappa shape index (κ1) is 13.6. The normalized spacial score (nSPS) is 28.9. The van der Waals surface area contributed by atoms with Gasteiger partial charge in [-0.15, -0.1) is 11.3 Å². The van der Waals surface area contributed by atoms with Crippen LogP contribution in [-0.4, -0.2) is 10.7 Å². The third kappa shape index (κ3) is 3.55. The Bertz CT molecular complexity index is 385. The summed E-state index contributed by atoms with van der Waals surface area (Å²) in [7, 11) is 0. The minimum atomic E-state index is -0.485. The Kier molecular flexibility index (Phi) is 4.01. The molecule has 96 valence electrons. The van der Waals surface area contributed by atoms with E-state index in [0.717, 1.165) is 36.6 Å². The van der Waals surface area contributed by atoms with Crippen LogP contribution < -0.4 is 0 Å². The fourth-order valence-electron chi connectivity index (χ4n) is 2.64. The van der Waals surface area contributed by atoms with Crippen molar-refractivity contribution in [2.24, 2.45) is 5.41 Å². The van der Waals surface area contributed by atoms with Crippen molar-refractivity contribution in [3.05, 3.63) is 20.8 Å². The molecule has 1 atom stereocenters. The van der Waals surface area contributed by atoms with Gasteiger partial charge in [-0.2, -0.15) is 0 Å². The molecule has 1 heterocycles. The highest BCUT2D eigenvalue weighted by atomic mass is 79.9. The van der Waals surface area contributed by atoms with Gasteiger partial charge in [0, 0.05) is 15.8 Å². The van der Waals surface area contributed by atoms with E-state index < -0.39 is 5.60 Å². The van der Waals surface area contributed by atoms with Gasteiger partial charge in [-0.1, -0.05) is 20.3 Å². The van der Waals surface area contributed by atoms with Crippen LogP contribution in [0, 0.1) is 5.41 Å². The van der Waals surface area contributed by atoms with Crippen molar-refractivity contribution in [1.82, 2.24) is 0 Å². The molecule has 3 heteroatoms. The summed E-state index contributed by atoms with van der Waals surface area (Å²) in [6.45, 7) is 4.64. The van der Waals surface area contributed by atoms with E-state index in [1.807, 2.05) is 0 Å². The minimum absolute atomic E-state index is 0.400. The van der Waals surface area contributed by atoms with Crippen LogP contribution in [0.5, 0.6) is 0 Å². The van der Waals surface area contributed by atoms with Crippen LogP contribution in [0.2, 0.25) is 0 Å². The predicted octanol–water partition coefficient (Wildman–Crippen LogP) is 4.77. The average molecular weight is 317 g/mol. The fraction of sp³-hybridized carbons (Fsp3) is 0.714. The van der Waals surface area contributed by atoms with Crippen molar-refractivity contribution in [2.45, 2.75) is 58.0 Å². The largest absolute Gasteiger partial charge is 0.390 e. The van der Waals surface area contributed by atoms with E-state index >= 15 is 0 Å². The molecule has 0 spiro atoms. The fourth-order valence-corrected chi connectivity index (χ4v) is 4.27. The molecule has 0 amide bonds. The third-order valence-corrected chi connectivity index (χ3v) is 5.87. The molecule has 1 aromatic rings. The number of rotatable bonds is 2. The Morgan fingerprint density at radius 1 is 1.29 bits per heavy atom. The SMILES string of the molecule is CC1(C)CCCC(O)(Cc2sccc2Br)CC1. The molecule has 1 unspecified atom stereocenters. The molecule has 1 aromatic heterocycles. The molecular formula is C14H21BrOS. The second kappa shape index (κ2) is 5.02. The Morgan fingerprint density at radius 2 is 2.06 bits per heavy atom. The summed E-state index contributed by atoms with van der Waals surface area (Å²) < 4.78 is 1.15. The van der Waals surface area contributed by atoms with Crippen LogP contribution in [0.15, 0.2) is 15.9 Å². The maximum Gasteiger partial charge on any atom is 0.0696 e. The summed E-state index contributed by atoms with van der Waals surface area (Å²) >= 11 is 5.30. The number of hydrogen-bond acceptors (Lipinski definition) is 2.